The van der Waals surface area contributed by atoms with Crippen LogP contribution in [0.15, 0.2) is 6.20 Å². The Morgan fingerprint density at radius 2 is 1.92 bits per heavy atom. The average molecular weight is 537 g/mol. The first-order valence-corrected chi connectivity index (χ1v) is 12.4. The molecule has 1 aromatic rings. The van der Waals surface area contributed by atoms with Gasteiger partial charge in [0.1, 0.15) is 17.8 Å². The number of carbonyl (C=O) groups is 3. The smallest absolute Gasteiger partial charge is 0.471 e. The van der Waals surface area contributed by atoms with Crippen molar-refractivity contribution in [2.45, 2.75) is 71.8 Å². The zero-order valence-corrected chi connectivity index (χ0v) is 21.8. The molecule has 4 rings (SSSR count). The molecule has 1 saturated heterocycles. The minimum absolute atomic E-state index is 0.0568. The number of nitriles is 1. The molecule has 2 N–H and O–H groups in total. The third-order valence-corrected chi connectivity index (χ3v) is 7.74. The Morgan fingerprint density at radius 1 is 1.24 bits per heavy atom. The summed E-state index contributed by atoms with van der Waals surface area (Å²) in [7, 11) is 0. The fraction of sp³-hybridized carbons (Fsp3) is 0.680. The maximum Gasteiger partial charge on any atom is 0.471 e. The van der Waals surface area contributed by atoms with Crippen LogP contribution in [0.2, 0.25) is 0 Å². The molecule has 2 unspecified atom stereocenters. The molecule has 10 nitrogen and oxygen atoms in total. The van der Waals surface area contributed by atoms with Crippen LogP contribution in [0.3, 0.4) is 0 Å². The topological polar surface area (TPSA) is 137 Å². The first kappa shape index (κ1) is 27.6. The van der Waals surface area contributed by atoms with E-state index in [0.29, 0.717) is 24.6 Å². The number of likely N-dealkylation sites (tertiary alicyclic amines) is 1. The molecule has 0 radical (unpaired) electrons. The monoisotopic (exact) mass is 536 g/mol. The maximum atomic E-state index is 13.6. The van der Waals surface area contributed by atoms with Crippen molar-refractivity contribution < 1.29 is 32.3 Å². The molecule has 0 aromatic carbocycles. The van der Waals surface area contributed by atoms with Gasteiger partial charge in [0, 0.05) is 6.54 Å². The molecular weight excluding hydrogens is 505 g/mol. The van der Waals surface area contributed by atoms with Crippen molar-refractivity contribution in [2.75, 3.05) is 13.2 Å². The molecule has 3 heterocycles. The number of hydrogen-bond acceptors (Lipinski definition) is 7. The summed E-state index contributed by atoms with van der Waals surface area (Å²) < 4.78 is 44.5. The van der Waals surface area contributed by atoms with Gasteiger partial charge in [0.2, 0.25) is 17.7 Å². The van der Waals surface area contributed by atoms with Gasteiger partial charge in [-0.1, -0.05) is 34.6 Å². The molecule has 2 fully saturated rings. The molecule has 2 aliphatic heterocycles. The second kappa shape index (κ2) is 9.39. The molecule has 38 heavy (non-hydrogen) atoms. The highest BCUT2D eigenvalue weighted by molar-refractivity contribution is 5.95. The average Bonchev–Trinajstić information content (AvgIpc) is 3.16. The van der Waals surface area contributed by atoms with Gasteiger partial charge in [0.05, 0.1) is 24.6 Å². The first-order chi connectivity index (χ1) is 17.6. The summed E-state index contributed by atoms with van der Waals surface area (Å²) in [5, 5.41) is 14.2. The molecule has 206 valence electrons. The molecule has 0 spiro atoms. The van der Waals surface area contributed by atoms with E-state index < -0.39 is 47.4 Å². The number of hydrogen-bond donors (Lipinski definition) is 2. The zero-order valence-electron chi connectivity index (χ0n) is 21.8. The number of halogens is 3. The van der Waals surface area contributed by atoms with E-state index in [1.54, 1.807) is 0 Å². The molecule has 3 aliphatic rings. The molecular formula is C25H31F3N6O4. The number of nitrogens with zero attached hydrogens (tertiary/aromatic N) is 4. The summed E-state index contributed by atoms with van der Waals surface area (Å²) in [4.78, 5) is 48.8. The predicted octanol–water partition coefficient (Wildman–Crippen LogP) is 2.06. The number of nitrogens with one attached hydrogen (secondary N) is 2. The second-order valence-corrected chi connectivity index (χ2v) is 11.7. The molecule has 0 bridgehead atoms. The second-order valence-electron chi connectivity index (χ2n) is 11.7. The highest BCUT2D eigenvalue weighted by atomic mass is 19.4. The van der Waals surface area contributed by atoms with E-state index in [0.717, 1.165) is 6.42 Å². The fourth-order valence-corrected chi connectivity index (χ4v) is 5.49. The van der Waals surface area contributed by atoms with Gasteiger partial charge in [-0.3, -0.25) is 19.4 Å². The van der Waals surface area contributed by atoms with Crippen LogP contribution in [0, 0.1) is 34.0 Å². The number of aromatic nitrogens is 2. The van der Waals surface area contributed by atoms with Crippen molar-refractivity contribution in [2.24, 2.45) is 22.7 Å². The quantitative estimate of drug-likeness (QED) is 0.588. The van der Waals surface area contributed by atoms with Crippen molar-refractivity contribution in [1.29, 1.82) is 5.26 Å². The van der Waals surface area contributed by atoms with Gasteiger partial charge in [-0.05, 0) is 35.5 Å². The van der Waals surface area contributed by atoms with E-state index in [4.69, 9.17) is 4.74 Å². The molecule has 1 aliphatic carbocycles. The number of carbonyl (C=O) groups excluding carboxylic acids is 3. The third kappa shape index (κ3) is 5.00. The van der Waals surface area contributed by atoms with Crippen LogP contribution in [-0.4, -0.2) is 64.0 Å². The normalized spacial score (nSPS) is 25.1. The standard InChI is InChI=1S/C25H31F3N6O4/c1-23(2,3)18(33-22(37)25(26,27)28)21(36)34-11-12-16(24(12,4)5)17(34)19(35)31-14(9-29)15-10-30-13-7-6-8-38-20(13)32-15/h10,12,14,16-18H,6-8,11H2,1-5H3,(H,31,35)(H,33,37)/t12-,14?,16-,17-,18?/m0/s1. The summed E-state index contributed by atoms with van der Waals surface area (Å²) in [6, 6.07) is -1.76. The van der Waals surface area contributed by atoms with Crippen LogP contribution < -0.4 is 15.4 Å². The number of ether oxygens (including phenoxy) is 1. The van der Waals surface area contributed by atoms with Gasteiger partial charge in [0.15, 0.2) is 6.04 Å². The van der Waals surface area contributed by atoms with Crippen molar-refractivity contribution >= 4 is 17.7 Å². The Morgan fingerprint density at radius 3 is 2.53 bits per heavy atom. The summed E-state index contributed by atoms with van der Waals surface area (Å²) >= 11 is 0. The number of piperidine rings is 1. The van der Waals surface area contributed by atoms with Gasteiger partial charge in [-0.25, -0.2) is 4.98 Å². The molecule has 1 saturated carbocycles. The van der Waals surface area contributed by atoms with Crippen LogP contribution in [0.25, 0.3) is 0 Å². The lowest BCUT2D eigenvalue weighted by molar-refractivity contribution is -0.176. The van der Waals surface area contributed by atoms with Crippen LogP contribution in [0.1, 0.15) is 58.5 Å². The molecule has 3 amide bonds. The van der Waals surface area contributed by atoms with E-state index in [-0.39, 0.29) is 29.5 Å². The summed E-state index contributed by atoms with van der Waals surface area (Å²) in [6.07, 6.45) is -2.30. The Kier molecular flexibility index (Phi) is 6.82. The Labute approximate surface area is 218 Å². The zero-order chi connectivity index (χ0) is 28.2. The number of alkyl halides is 3. The van der Waals surface area contributed by atoms with Gasteiger partial charge in [-0.2, -0.15) is 18.4 Å². The van der Waals surface area contributed by atoms with Gasteiger partial charge >= 0.3 is 12.1 Å². The highest BCUT2D eigenvalue weighted by Gasteiger charge is 2.70. The minimum atomic E-state index is -5.17. The predicted molar refractivity (Wildman–Crippen MR) is 126 cm³/mol. The third-order valence-electron chi connectivity index (χ3n) is 7.74. The Hall–Kier alpha value is -3.43. The lowest BCUT2D eigenvalue weighted by Crippen LogP contribution is -2.60. The molecule has 1 aromatic heterocycles. The Bertz CT molecular complexity index is 1190. The lowest BCUT2D eigenvalue weighted by Gasteiger charge is -2.37. The Balaban J connectivity index is 1.58. The minimum Gasteiger partial charge on any atom is -0.476 e. The van der Waals surface area contributed by atoms with Crippen molar-refractivity contribution in [1.82, 2.24) is 25.5 Å². The first-order valence-electron chi connectivity index (χ1n) is 12.4. The number of fused-ring (bicyclic) bond motifs is 2. The van der Waals surface area contributed by atoms with Crippen LogP contribution >= 0.6 is 0 Å². The summed E-state index contributed by atoms with van der Waals surface area (Å²) in [5.41, 5.74) is -0.525. The fourth-order valence-electron chi connectivity index (χ4n) is 5.49. The van der Waals surface area contributed by atoms with E-state index in [1.165, 1.54) is 31.9 Å². The SMILES string of the molecule is CC(C)(C)C(NC(=O)C(F)(F)F)C(=O)N1C[C@H]2[C@@H]([C@H]1C(=O)NC(C#N)c1cnc3c(n1)OCCC3)C2(C)C. The summed E-state index contributed by atoms with van der Waals surface area (Å²) in [6.45, 7) is 9.11. The summed E-state index contributed by atoms with van der Waals surface area (Å²) in [5.74, 6) is -3.65. The van der Waals surface area contributed by atoms with Gasteiger partial charge in [-0.15, -0.1) is 0 Å². The number of aryl methyl sites for hydroxylation is 1. The van der Waals surface area contributed by atoms with Crippen molar-refractivity contribution in [3.05, 3.63) is 17.6 Å². The van der Waals surface area contributed by atoms with Crippen molar-refractivity contribution in [3.8, 4) is 11.9 Å². The van der Waals surface area contributed by atoms with Crippen LogP contribution in [0.4, 0.5) is 13.2 Å². The van der Waals surface area contributed by atoms with Crippen LogP contribution in [0.5, 0.6) is 5.88 Å². The lowest BCUT2D eigenvalue weighted by atomic mass is 9.85. The van der Waals surface area contributed by atoms with Gasteiger partial charge in [0.25, 0.3) is 0 Å². The number of rotatable bonds is 5. The maximum absolute atomic E-state index is 13.6. The largest absolute Gasteiger partial charge is 0.476 e. The molecule has 5 atom stereocenters. The highest BCUT2D eigenvalue weighted by Crippen LogP contribution is 2.65. The van der Waals surface area contributed by atoms with Crippen LogP contribution in [-0.2, 0) is 20.8 Å². The van der Waals surface area contributed by atoms with E-state index in [2.05, 4.69) is 15.3 Å². The number of amides is 3. The van der Waals surface area contributed by atoms with Gasteiger partial charge < -0.3 is 20.3 Å². The van der Waals surface area contributed by atoms with E-state index in [1.807, 2.05) is 25.2 Å². The van der Waals surface area contributed by atoms with E-state index in [9.17, 15) is 32.8 Å². The van der Waals surface area contributed by atoms with E-state index >= 15 is 0 Å². The van der Waals surface area contributed by atoms with Crippen molar-refractivity contribution in [3.63, 3.8) is 0 Å². The molecule has 13 heteroatoms.